The van der Waals surface area contributed by atoms with Crippen LogP contribution in [0.2, 0.25) is 0 Å². The molecule has 1 fully saturated rings. The van der Waals surface area contributed by atoms with Crippen LogP contribution in [0.3, 0.4) is 0 Å². The minimum Gasteiger partial charge on any atom is -0.493 e. The Bertz CT molecular complexity index is 740. The van der Waals surface area contributed by atoms with E-state index in [1.165, 1.54) is 25.6 Å². The second-order valence-electron chi connectivity index (χ2n) is 6.07. The first-order valence-corrected chi connectivity index (χ1v) is 8.70. The van der Waals surface area contributed by atoms with Crippen LogP contribution < -0.4 is 24.4 Å². The van der Waals surface area contributed by atoms with Gasteiger partial charge in [-0.05, 0) is 49.2 Å². The molecule has 0 bridgehead atoms. The van der Waals surface area contributed by atoms with Crippen molar-refractivity contribution in [1.82, 2.24) is 0 Å². The number of carbonyl (C=O) groups is 1. The zero-order chi connectivity index (χ0) is 18.4. The van der Waals surface area contributed by atoms with Crippen molar-refractivity contribution >= 4 is 17.3 Å². The fourth-order valence-electron chi connectivity index (χ4n) is 3.04. The van der Waals surface area contributed by atoms with E-state index < -0.39 is 0 Å². The van der Waals surface area contributed by atoms with Crippen LogP contribution in [-0.4, -0.2) is 39.8 Å². The summed E-state index contributed by atoms with van der Waals surface area (Å²) in [7, 11) is 3.09. The molecular weight excluding hydrogens is 332 g/mol. The molecule has 1 aliphatic heterocycles. The van der Waals surface area contributed by atoms with Crippen LogP contribution in [-0.2, 0) is 4.79 Å². The Labute approximate surface area is 153 Å². The van der Waals surface area contributed by atoms with Gasteiger partial charge in [-0.2, -0.15) is 0 Å². The number of benzene rings is 2. The van der Waals surface area contributed by atoms with Crippen LogP contribution in [0.1, 0.15) is 12.8 Å². The quantitative estimate of drug-likeness (QED) is 0.825. The van der Waals surface area contributed by atoms with Gasteiger partial charge in [-0.1, -0.05) is 6.07 Å². The predicted molar refractivity (Wildman–Crippen MR) is 102 cm³/mol. The van der Waals surface area contributed by atoms with Crippen LogP contribution in [0.5, 0.6) is 17.2 Å². The lowest BCUT2D eigenvalue weighted by atomic mass is 10.2. The van der Waals surface area contributed by atoms with Crippen molar-refractivity contribution in [3.8, 4) is 17.2 Å². The summed E-state index contributed by atoms with van der Waals surface area (Å²) in [5, 5.41) is 2.84. The highest BCUT2D eigenvalue weighted by atomic mass is 16.5. The first kappa shape index (κ1) is 17.9. The maximum atomic E-state index is 12.2. The van der Waals surface area contributed by atoms with Gasteiger partial charge in [-0.25, -0.2) is 0 Å². The molecule has 0 aromatic heterocycles. The number of ether oxygens (including phenoxy) is 3. The molecule has 0 spiro atoms. The van der Waals surface area contributed by atoms with E-state index >= 15 is 0 Å². The molecule has 0 unspecified atom stereocenters. The molecule has 2 aromatic carbocycles. The van der Waals surface area contributed by atoms with Crippen LogP contribution in [0.25, 0.3) is 0 Å². The Kier molecular flexibility index (Phi) is 5.84. The average molecular weight is 356 g/mol. The number of nitrogens with one attached hydrogen (secondary N) is 1. The van der Waals surface area contributed by atoms with Gasteiger partial charge in [-0.15, -0.1) is 0 Å². The monoisotopic (exact) mass is 356 g/mol. The maximum Gasteiger partial charge on any atom is 0.262 e. The molecule has 0 aliphatic carbocycles. The van der Waals surface area contributed by atoms with Gasteiger partial charge < -0.3 is 24.4 Å². The fourth-order valence-corrected chi connectivity index (χ4v) is 3.04. The van der Waals surface area contributed by atoms with Crippen LogP contribution in [0, 0.1) is 0 Å². The molecule has 3 rings (SSSR count). The smallest absolute Gasteiger partial charge is 0.262 e. The largest absolute Gasteiger partial charge is 0.493 e. The summed E-state index contributed by atoms with van der Waals surface area (Å²) in [5.74, 6) is 1.26. The summed E-state index contributed by atoms with van der Waals surface area (Å²) in [6, 6.07) is 13.2. The maximum absolute atomic E-state index is 12.2. The van der Waals surface area contributed by atoms with Gasteiger partial charge in [0.05, 0.1) is 14.2 Å². The van der Waals surface area contributed by atoms with E-state index in [0.717, 1.165) is 18.8 Å². The van der Waals surface area contributed by atoms with Crippen molar-refractivity contribution in [2.24, 2.45) is 0 Å². The molecule has 1 saturated heterocycles. The molecule has 0 saturated carbocycles. The topological polar surface area (TPSA) is 60.0 Å². The second kappa shape index (κ2) is 8.47. The summed E-state index contributed by atoms with van der Waals surface area (Å²) in [6.45, 7) is 2.08. The van der Waals surface area contributed by atoms with E-state index in [1.807, 2.05) is 24.3 Å². The van der Waals surface area contributed by atoms with E-state index in [9.17, 15) is 4.79 Å². The first-order chi connectivity index (χ1) is 12.7. The van der Waals surface area contributed by atoms with Crippen LogP contribution in [0.4, 0.5) is 11.4 Å². The third-order valence-corrected chi connectivity index (χ3v) is 4.35. The second-order valence-corrected chi connectivity index (χ2v) is 6.07. The van der Waals surface area contributed by atoms with Crippen LogP contribution in [0.15, 0.2) is 42.5 Å². The first-order valence-electron chi connectivity index (χ1n) is 8.70. The fraction of sp³-hybridized carbons (Fsp3) is 0.350. The van der Waals surface area contributed by atoms with Gasteiger partial charge in [0.2, 0.25) is 5.75 Å². The van der Waals surface area contributed by atoms with Crippen molar-refractivity contribution in [3.63, 3.8) is 0 Å². The van der Waals surface area contributed by atoms with Crippen LogP contribution >= 0.6 is 0 Å². The summed E-state index contributed by atoms with van der Waals surface area (Å²) in [4.78, 5) is 14.5. The number of hydrogen-bond donors (Lipinski definition) is 1. The van der Waals surface area contributed by atoms with E-state index in [2.05, 4.69) is 10.2 Å². The minimum atomic E-state index is -0.233. The van der Waals surface area contributed by atoms with E-state index in [-0.39, 0.29) is 12.5 Å². The van der Waals surface area contributed by atoms with Crippen molar-refractivity contribution in [2.45, 2.75) is 12.8 Å². The molecule has 0 atom stereocenters. The van der Waals surface area contributed by atoms with E-state index in [0.29, 0.717) is 17.2 Å². The molecule has 1 amide bonds. The van der Waals surface area contributed by atoms with Gasteiger partial charge in [0.1, 0.15) is 0 Å². The number of hydrogen-bond acceptors (Lipinski definition) is 5. The van der Waals surface area contributed by atoms with Gasteiger partial charge in [0.15, 0.2) is 18.1 Å². The molecule has 1 aliphatic rings. The number of methoxy groups -OCH3 is 2. The lowest BCUT2D eigenvalue weighted by Crippen LogP contribution is -2.21. The SMILES string of the molecule is COc1cccc(OCC(=O)Nc2ccc(N3CCCC3)cc2)c1OC. The Morgan fingerprint density at radius 2 is 1.69 bits per heavy atom. The Morgan fingerprint density at radius 1 is 1.00 bits per heavy atom. The zero-order valence-corrected chi connectivity index (χ0v) is 15.2. The highest BCUT2D eigenvalue weighted by Crippen LogP contribution is 2.36. The van der Waals surface area contributed by atoms with Crippen molar-refractivity contribution in [2.75, 3.05) is 44.1 Å². The number of rotatable bonds is 7. The Hall–Kier alpha value is -2.89. The third kappa shape index (κ3) is 4.20. The number of para-hydroxylation sites is 1. The number of carbonyl (C=O) groups excluding carboxylic acids is 1. The number of anilines is 2. The zero-order valence-electron chi connectivity index (χ0n) is 15.2. The standard InChI is InChI=1S/C20H24N2O4/c1-24-17-6-5-7-18(20(17)25-2)26-14-19(23)21-15-8-10-16(11-9-15)22-12-3-4-13-22/h5-11H,3-4,12-14H2,1-2H3,(H,21,23). The summed E-state index contributed by atoms with van der Waals surface area (Å²) in [6.07, 6.45) is 2.48. The normalized spacial score (nSPS) is 13.4. The third-order valence-electron chi connectivity index (χ3n) is 4.35. The molecule has 1 N–H and O–H groups in total. The molecule has 1 heterocycles. The molecule has 26 heavy (non-hydrogen) atoms. The van der Waals surface area contributed by atoms with Gasteiger partial charge in [-0.3, -0.25) is 4.79 Å². The minimum absolute atomic E-state index is 0.114. The van der Waals surface area contributed by atoms with E-state index in [1.54, 1.807) is 25.3 Å². The summed E-state index contributed by atoms with van der Waals surface area (Å²) >= 11 is 0. The molecule has 6 nitrogen and oxygen atoms in total. The molecule has 6 heteroatoms. The lowest BCUT2D eigenvalue weighted by molar-refractivity contribution is -0.118. The average Bonchev–Trinajstić information content (AvgIpc) is 3.21. The summed E-state index contributed by atoms with van der Waals surface area (Å²) in [5.41, 5.74) is 1.94. The van der Waals surface area contributed by atoms with Crippen molar-refractivity contribution in [3.05, 3.63) is 42.5 Å². The molecular formula is C20H24N2O4. The molecule has 138 valence electrons. The van der Waals surface area contributed by atoms with Crippen molar-refractivity contribution < 1.29 is 19.0 Å². The highest BCUT2D eigenvalue weighted by molar-refractivity contribution is 5.92. The number of nitrogens with zero attached hydrogens (tertiary/aromatic N) is 1. The number of amides is 1. The van der Waals surface area contributed by atoms with Crippen molar-refractivity contribution in [1.29, 1.82) is 0 Å². The Balaban J connectivity index is 1.56. The van der Waals surface area contributed by atoms with E-state index in [4.69, 9.17) is 14.2 Å². The van der Waals surface area contributed by atoms with Gasteiger partial charge in [0.25, 0.3) is 5.91 Å². The molecule has 2 aromatic rings. The summed E-state index contributed by atoms with van der Waals surface area (Å²) < 4.78 is 16.1. The molecule has 0 radical (unpaired) electrons. The van der Waals surface area contributed by atoms with Gasteiger partial charge >= 0.3 is 0 Å². The Morgan fingerprint density at radius 3 is 2.35 bits per heavy atom. The predicted octanol–water partition coefficient (Wildman–Crippen LogP) is 3.32. The lowest BCUT2D eigenvalue weighted by Gasteiger charge is -2.18. The van der Waals surface area contributed by atoms with Gasteiger partial charge in [0, 0.05) is 24.5 Å². The highest BCUT2D eigenvalue weighted by Gasteiger charge is 2.14.